The van der Waals surface area contributed by atoms with Crippen LogP contribution in [0.4, 0.5) is 5.69 Å². The molecule has 0 atom stereocenters. The Kier molecular flexibility index (Phi) is 5.49. The van der Waals surface area contributed by atoms with Gasteiger partial charge in [-0.05, 0) is 52.4 Å². The number of anilines is 1. The zero-order valence-corrected chi connectivity index (χ0v) is 13.9. The molecule has 0 aliphatic rings. The number of nitrogens with one attached hydrogen (secondary N) is 3. The summed E-state index contributed by atoms with van der Waals surface area (Å²) in [5, 5.41) is 5.80. The second kappa shape index (κ2) is 6.55. The van der Waals surface area contributed by atoms with E-state index in [1.54, 1.807) is 6.07 Å². The van der Waals surface area contributed by atoms with E-state index in [1.165, 1.54) is 19.2 Å². The summed E-state index contributed by atoms with van der Waals surface area (Å²) >= 11 is 0. The normalized spacial score (nSPS) is 12.2. The van der Waals surface area contributed by atoms with Gasteiger partial charge in [0.15, 0.2) is 0 Å². The summed E-state index contributed by atoms with van der Waals surface area (Å²) in [6, 6.07) is 4.62. The molecule has 1 aromatic rings. The van der Waals surface area contributed by atoms with Crippen molar-refractivity contribution < 1.29 is 13.2 Å². The van der Waals surface area contributed by atoms with Crippen LogP contribution in [0.25, 0.3) is 0 Å². The van der Waals surface area contributed by atoms with Crippen LogP contribution in [0.2, 0.25) is 0 Å². The van der Waals surface area contributed by atoms with Gasteiger partial charge in [-0.25, -0.2) is 13.1 Å². The van der Waals surface area contributed by atoms with Gasteiger partial charge in [-0.1, -0.05) is 6.07 Å². The summed E-state index contributed by atoms with van der Waals surface area (Å²) in [5.41, 5.74) is 1.13. The van der Waals surface area contributed by atoms with Gasteiger partial charge in [0.1, 0.15) is 0 Å². The molecule has 0 radical (unpaired) electrons. The average molecular weight is 313 g/mol. The van der Waals surface area contributed by atoms with Gasteiger partial charge < -0.3 is 10.6 Å². The molecule has 0 unspecified atom stereocenters. The van der Waals surface area contributed by atoms with E-state index < -0.39 is 10.0 Å². The van der Waals surface area contributed by atoms with E-state index in [1.807, 2.05) is 27.7 Å². The number of hydrogen-bond donors (Lipinski definition) is 3. The third-order valence-corrected chi connectivity index (χ3v) is 4.25. The van der Waals surface area contributed by atoms with E-state index in [0.29, 0.717) is 5.69 Å². The van der Waals surface area contributed by atoms with E-state index in [2.05, 4.69) is 15.4 Å². The third kappa shape index (κ3) is 5.45. The van der Waals surface area contributed by atoms with Crippen LogP contribution >= 0.6 is 0 Å². The van der Waals surface area contributed by atoms with E-state index in [9.17, 15) is 13.2 Å². The lowest BCUT2D eigenvalue weighted by Crippen LogP contribution is -2.41. The molecule has 0 fully saturated rings. The molecule has 0 saturated heterocycles. The van der Waals surface area contributed by atoms with Crippen LogP contribution < -0.4 is 15.4 Å². The molecule has 0 bridgehead atoms. The highest BCUT2D eigenvalue weighted by molar-refractivity contribution is 7.89. The second-order valence-electron chi connectivity index (χ2n) is 5.84. The number of carbonyl (C=O) groups is 1. The van der Waals surface area contributed by atoms with Gasteiger partial charge in [0.25, 0.3) is 0 Å². The SMILES string of the molecule is CNS(=O)(=O)c1ccc(C)c(NC(=O)CNC(C)(C)C)c1. The lowest BCUT2D eigenvalue weighted by molar-refractivity contribution is -0.115. The molecule has 118 valence electrons. The number of amides is 1. The highest BCUT2D eigenvalue weighted by Gasteiger charge is 2.15. The minimum Gasteiger partial charge on any atom is -0.325 e. The Bertz CT molecular complexity index is 619. The zero-order chi connectivity index (χ0) is 16.3. The Labute approximate surface area is 126 Å². The van der Waals surface area contributed by atoms with Crippen molar-refractivity contribution in [3.63, 3.8) is 0 Å². The fourth-order valence-electron chi connectivity index (χ4n) is 1.56. The first kappa shape index (κ1) is 17.6. The molecule has 1 rings (SSSR count). The molecule has 1 aromatic carbocycles. The fraction of sp³-hybridized carbons (Fsp3) is 0.500. The first-order valence-corrected chi connectivity index (χ1v) is 8.12. The topological polar surface area (TPSA) is 87.3 Å². The molecule has 7 heteroatoms. The molecule has 0 spiro atoms. The summed E-state index contributed by atoms with van der Waals surface area (Å²) in [6.07, 6.45) is 0. The van der Waals surface area contributed by atoms with E-state index in [-0.39, 0.29) is 22.9 Å². The molecule has 3 N–H and O–H groups in total. The average Bonchev–Trinajstić information content (AvgIpc) is 2.38. The summed E-state index contributed by atoms with van der Waals surface area (Å²) in [5.74, 6) is -0.216. The Morgan fingerprint density at radius 3 is 2.38 bits per heavy atom. The number of hydrogen-bond acceptors (Lipinski definition) is 4. The maximum atomic E-state index is 11.9. The fourth-order valence-corrected chi connectivity index (χ4v) is 2.32. The Morgan fingerprint density at radius 2 is 1.86 bits per heavy atom. The predicted molar refractivity (Wildman–Crippen MR) is 83.8 cm³/mol. The number of aryl methyl sites for hydroxylation is 1. The summed E-state index contributed by atoms with van der Waals surface area (Å²) in [6.45, 7) is 7.86. The minimum atomic E-state index is -3.53. The number of rotatable bonds is 5. The molecule has 6 nitrogen and oxygen atoms in total. The molecule has 0 saturated carbocycles. The lowest BCUT2D eigenvalue weighted by atomic mass is 10.1. The van der Waals surface area contributed by atoms with Crippen LogP contribution in [0.5, 0.6) is 0 Å². The van der Waals surface area contributed by atoms with Crippen LogP contribution in [0.1, 0.15) is 26.3 Å². The standard InChI is InChI=1S/C14H23N3O3S/c1-10-6-7-11(21(19,20)15-5)8-12(10)17-13(18)9-16-14(2,3)4/h6-8,15-16H,9H2,1-5H3,(H,17,18). The van der Waals surface area contributed by atoms with Crippen LogP contribution in [0, 0.1) is 6.92 Å². The Hall–Kier alpha value is -1.44. The Balaban J connectivity index is 2.89. The maximum absolute atomic E-state index is 11.9. The first-order chi connectivity index (χ1) is 9.55. The van der Waals surface area contributed by atoms with E-state index in [4.69, 9.17) is 0 Å². The third-order valence-electron chi connectivity index (χ3n) is 2.84. The van der Waals surface area contributed by atoms with Crippen LogP contribution in [0.15, 0.2) is 23.1 Å². The van der Waals surface area contributed by atoms with Gasteiger partial charge in [-0.2, -0.15) is 0 Å². The van der Waals surface area contributed by atoms with Crippen molar-refractivity contribution in [2.45, 2.75) is 38.1 Å². The number of sulfonamides is 1. The molecule has 0 aliphatic heterocycles. The van der Waals surface area contributed by atoms with Crippen LogP contribution in [-0.2, 0) is 14.8 Å². The molecule has 1 amide bonds. The Morgan fingerprint density at radius 1 is 1.24 bits per heavy atom. The highest BCUT2D eigenvalue weighted by atomic mass is 32.2. The van der Waals surface area contributed by atoms with Gasteiger partial charge >= 0.3 is 0 Å². The maximum Gasteiger partial charge on any atom is 0.240 e. The van der Waals surface area contributed by atoms with Gasteiger partial charge in [0.05, 0.1) is 11.4 Å². The van der Waals surface area contributed by atoms with Gasteiger partial charge in [-0.3, -0.25) is 4.79 Å². The molecule has 0 heterocycles. The van der Waals surface area contributed by atoms with Crippen LogP contribution in [-0.4, -0.2) is 33.5 Å². The predicted octanol–water partition coefficient (Wildman–Crippen LogP) is 1.23. The zero-order valence-electron chi connectivity index (χ0n) is 13.1. The van der Waals surface area contributed by atoms with Crippen molar-refractivity contribution in [3.8, 4) is 0 Å². The highest BCUT2D eigenvalue weighted by Crippen LogP contribution is 2.20. The van der Waals surface area contributed by atoms with Crippen molar-refractivity contribution in [1.29, 1.82) is 0 Å². The molecular formula is C14H23N3O3S. The van der Waals surface area contributed by atoms with Crippen molar-refractivity contribution in [2.24, 2.45) is 0 Å². The first-order valence-electron chi connectivity index (χ1n) is 6.64. The van der Waals surface area contributed by atoms with Gasteiger partial charge in [-0.15, -0.1) is 0 Å². The summed E-state index contributed by atoms with van der Waals surface area (Å²) in [7, 11) is -2.18. The van der Waals surface area contributed by atoms with Gasteiger partial charge in [0, 0.05) is 11.2 Å². The number of carbonyl (C=O) groups excluding carboxylic acids is 1. The van der Waals surface area contributed by atoms with Crippen molar-refractivity contribution >= 4 is 21.6 Å². The molecular weight excluding hydrogens is 290 g/mol. The lowest BCUT2D eigenvalue weighted by Gasteiger charge is -2.20. The van der Waals surface area contributed by atoms with Crippen LogP contribution in [0.3, 0.4) is 0 Å². The molecule has 0 aliphatic carbocycles. The smallest absolute Gasteiger partial charge is 0.240 e. The summed E-state index contributed by atoms with van der Waals surface area (Å²) < 4.78 is 25.8. The van der Waals surface area contributed by atoms with E-state index >= 15 is 0 Å². The van der Waals surface area contributed by atoms with Gasteiger partial charge in [0.2, 0.25) is 15.9 Å². The van der Waals surface area contributed by atoms with Crippen molar-refractivity contribution in [3.05, 3.63) is 23.8 Å². The molecule has 0 aromatic heterocycles. The van der Waals surface area contributed by atoms with Crippen molar-refractivity contribution in [1.82, 2.24) is 10.0 Å². The van der Waals surface area contributed by atoms with Crippen molar-refractivity contribution in [2.75, 3.05) is 18.9 Å². The quantitative estimate of drug-likeness (QED) is 0.763. The monoisotopic (exact) mass is 313 g/mol. The summed E-state index contributed by atoms with van der Waals surface area (Å²) in [4.78, 5) is 12.0. The second-order valence-corrected chi connectivity index (χ2v) is 7.72. The minimum absolute atomic E-state index is 0.120. The number of benzene rings is 1. The van der Waals surface area contributed by atoms with E-state index in [0.717, 1.165) is 5.56 Å². The largest absolute Gasteiger partial charge is 0.325 e. The molecule has 21 heavy (non-hydrogen) atoms.